The highest BCUT2D eigenvalue weighted by molar-refractivity contribution is 5.45. The van der Waals surface area contributed by atoms with Crippen LogP contribution >= 0.6 is 0 Å². The third-order valence-corrected chi connectivity index (χ3v) is 6.42. The van der Waals surface area contributed by atoms with Crippen LogP contribution in [-0.4, -0.2) is 66.3 Å². The number of hydrogen-bond donors (Lipinski definition) is 1. The first-order chi connectivity index (χ1) is 15.2. The molecule has 2 aromatic rings. The molecule has 0 aliphatic carbocycles. The molecule has 7 heteroatoms. The van der Waals surface area contributed by atoms with Gasteiger partial charge in [-0.25, -0.2) is 8.78 Å². The maximum Gasteiger partial charge on any atom is 0.257 e. The Morgan fingerprint density at radius 3 is 2.50 bits per heavy atom. The van der Waals surface area contributed by atoms with E-state index in [1.807, 2.05) is 42.2 Å². The average Bonchev–Trinajstić information content (AvgIpc) is 2.70. The summed E-state index contributed by atoms with van der Waals surface area (Å²) < 4.78 is 46.4. The van der Waals surface area contributed by atoms with Crippen LogP contribution in [0.15, 0.2) is 42.5 Å². The molecule has 0 aromatic heterocycles. The predicted molar refractivity (Wildman–Crippen MR) is 118 cm³/mol. The molecule has 1 saturated heterocycles. The molecule has 4 rings (SSSR count). The molecular weight excluding hydrogens is 417 g/mol. The van der Waals surface area contributed by atoms with Gasteiger partial charge in [0.05, 0.1) is 19.3 Å². The molecule has 2 atom stereocenters. The summed E-state index contributed by atoms with van der Waals surface area (Å²) in [7, 11) is 0. The number of aromatic hydroxyl groups is 1. The van der Waals surface area contributed by atoms with Gasteiger partial charge in [0.2, 0.25) is 0 Å². The van der Waals surface area contributed by atoms with Gasteiger partial charge in [0.25, 0.3) is 5.92 Å². The summed E-state index contributed by atoms with van der Waals surface area (Å²) in [5, 5.41) is 9.92. The minimum atomic E-state index is -2.82. The highest BCUT2D eigenvalue weighted by Gasteiger charge is 2.38. The van der Waals surface area contributed by atoms with Crippen LogP contribution < -0.4 is 4.74 Å². The molecule has 1 fully saturated rings. The normalized spacial score (nSPS) is 22.4. The Hall–Kier alpha value is -2.25. The molecule has 0 bridgehead atoms. The molecule has 2 aliphatic heterocycles. The molecule has 0 saturated carbocycles. The molecule has 0 unspecified atom stereocenters. The second kappa shape index (κ2) is 9.32. The highest BCUT2D eigenvalue weighted by Crippen LogP contribution is 2.40. The Labute approximate surface area is 187 Å². The lowest BCUT2D eigenvalue weighted by Gasteiger charge is -2.43. The third-order valence-electron chi connectivity index (χ3n) is 6.42. The predicted octanol–water partition coefficient (Wildman–Crippen LogP) is 4.66. The number of phenols is 1. The van der Waals surface area contributed by atoms with Gasteiger partial charge in [-0.15, -0.1) is 0 Å². The van der Waals surface area contributed by atoms with Crippen molar-refractivity contribution in [1.82, 2.24) is 9.80 Å². The Morgan fingerprint density at radius 2 is 1.84 bits per heavy atom. The van der Waals surface area contributed by atoms with Crippen LogP contribution in [0.5, 0.6) is 11.5 Å². The van der Waals surface area contributed by atoms with Gasteiger partial charge < -0.3 is 9.84 Å². The first-order valence-corrected chi connectivity index (χ1v) is 11.2. The van der Waals surface area contributed by atoms with Gasteiger partial charge >= 0.3 is 0 Å². The van der Waals surface area contributed by atoms with E-state index in [0.717, 1.165) is 49.0 Å². The summed E-state index contributed by atoms with van der Waals surface area (Å²) in [5.41, 5.74) is 2.84. The van der Waals surface area contributed by atoms with E-state index in [4.69, 9.17) is 4.74 Å². The second-order valence-corrected chi connectivity index (χ2v) is 9.28. The molecule has 2 aliphatic rings. The Morgan fingerprint density at radius 1 is 1.12 bits per heavy atom. The van der Waals surface area contributed by atoms with E-state index >= 15 is 0 Å². The van der Waals surface area contributed by atoms with Gasteiger partial charge in [-0.3, -0.25) is 14.2 Å². The number of rotatable bonds is 8. The zero-order chi connectivity index (χ0) is 22.9. The smallest absolute Gasteiger partial charge is 0.257 e. The van der Waals surface area contributed by atoms with Crippen molar-refractivity contribution < 1.29 is 23.0 Å². The number of nitrogens with zero attached hydrogens (tertiary/aromatic N) is 2. The van der Waals surface area contributed by atoms with Crippen LogP contribution in [0.1, 0.15) is 36.6 Å². The van der Waals surface area contributed by atoms with Crippen LogP contribution in [0.2, 0.25) is 0 Å². The molecule has 32 heavy (non-hydrogen) atoms. The molecule has 174 valence electrons. The number of fused-ring (bicyclic) bond motifs is 1. The van der Waals surface area contributed by atoms with Crippen molar-refractivity contribution in [3.8, 4) is 11.5 Å². The van der Waals surface area contributed by atoms with E-state index in [1.54, 1.807) is 12.1 Å². The van der Waals surface area contributed by atoms with Crippen molar-refractivity contribution in [3.63, 3.8) is 0 Å². The van der Waals surface area contributed by atoms with E-state index < -0.39 is 5.92 Å². The van der Waals surface area contributed by atoms with Gasteiger partial charge in [0, 0.05) is 38.5 Å². The molecule has 2 aromatic carbocycles. The van der Waals surface area contributed by atoms with Crippen LogP contribution in [0.4, 0.5) is 13.2 Å². The van der Waals surface area contributed by atoms with Gasteiger partial charge in [-0.05, 0) is 54.3 Å². The quantitative estimate of drug-likeness (QED) is 0.637. The first kappa shape index (κ1) is 22.9. The maximum absolute atomic E-state index is 14.0. The zero-order valence-electron chi connectivity index (χ0n) is 18.6. The van der Waals surface area contributed by atoms with Crippen molar-refractivity contribution in [1.29, 1.82) is 0 Å². The average molecular weight is 449 g/mol. The van der Waals surface area contributed by atoms with Crippen LogP contribution in [0.25, 0.3) is 0 Å². The Bertz CT molecular complexity index is 910. The molecule has 4 nitrogen and oxygen atoms in total. The fourth-order valence-corrected chi connectivity index (χ4v) is 4.84. The number of ether oxygens (including phenoxy) is 1. The highest BCUT2D eigenvalue weighted by atomic mass is 19.3. The third kappa shape index (κ3) is 5.21. The van der Waals surface area contributed by atoms with Gasteiger partial charge in [-0.1, -0.05) is 18.2 Å². The molecule has 0 radical (unpaired) electrons. The number of halogens is 3. The Balaban J connectivity index is 1.50. The summed E-state index contributed by atoms with van der Waals surface area (Å²) in [6.45, 7) is 5.15. The number of phenolic OH excluding ortho intramolecular Hbond substituents is 1. The van der Waals surface area contributed by atoms with E-state index in [1.165, 1.54) is 0 Å². The summed E-state index contributed by atoms with van der Waals surface area (Å²) >= 11 is 0. The summed E-state index contributed by atoms with van der Waals surface area (Å²) in [6, 6.07) is 12.4. The number of benzene rings is 2. The molecular formula is C25H31F3N2O2. The topological polar surface area (TPSA) is 35.9 Å². The number of alkyl halides is 3. The van der Waals surface area contributed by atoms with Crippen molar-refractivity contribution in [3.05, 3.63) is 59.2 Å². The van der Waals surface area contributed by atoms with Gasteiger partial charge in [-0.2, -0.15) is 0 Å². The zero-order valence-corrected chi connectivity index (χ0v) is 18.6. The lowest BCUT2D eigenvalue weighted by molar-refractivity contribution is -0.0363. The minimum absolute atomic E-state index is 0.0966. The maximum atomic E-state index is 14.0. The van der Waals surface area contributed by atoms with E-state index in [2.05, 4.69) is 4.90 Å². The lowest BCUT2D eigenvalue weighted by Crippen LogP contribution is -2.49. The summed E-state index contributed by atoms with van der Waals surface area (Å²) in [5.74, 6) is -1.75. The van der Waals surface area contributed by atoms with Crippen LogP contribution in [0.3, 0.4) is 0 Å². The van der Waals surface area contributed by atoms with E-state index in [-0.39, 0.29) is 37.0 Å². The summed E-state index contributed by atoms with van der Waals surface area (Å²) in [4.78, 5) is 4.01. The number of likely N-dealkylation sites (tertiary alicyclic amines) is 1. The fraction of sp³-hybridized carbons (Fsp3) is 0.520. The SMILES string of the molecule is C[C@@H]1Cc2cc(O)ccc2[C@@H](c2ccc(OCCN3CC(CF)C3)cc2)N1CC(C)(F)F. The standard InChI is InChI=1S/C25H31F3N2O2/c1-17-11-20-12-21(31)5-8-23(20)24(30(17)16-25(2,27)28)19-3-6-22(7-4-19)32-10-9-29-14-18(13-26)15-29/h3-8,12,17-18,24,31H,9-11,13-16H2,1-2H3/t17-,24-/m1/s1. The molecule has 0 amide bonds. The summed E-state index contributed by atoms with van der Waals surface area (Å²) in [6.07, 6.45) is 0.608. The van der Waals surface area contributed by atoms with E-state index in [0.29, 0.717) is 13.0 Å². The fourth-order valence-electron chi connectivity index (χ4n) is 4.84. The van der Waals surface area contributed by atoms with Crippen molar-refractivity contribution in [2.24, 2.45) is 5.92 Å². The van der Waals surface area contributed by atoms with Crippen molar-refractivity contribution in [2.45, 2.75) is 38.3 Å². The largest absolute Gasteiger partial charge is 0.508 e. The molecule has 1 N–H and O–H groups in total. The van der Waals surface area contributed by atoms with Crippen molar-refractivity contribution >= 4 is 0 Å². The molecule has 0 spiro atoms. The molecule has 2 heterocycles. The Kier molecular flexibility index (Phi) is 6.67. The van der Waals surface area contributed by atoms with Crippen molar-refractivity contribution in [2.75, 3.05) is 39.5 Å². The second-order valence-electron chi connectivity index (χ2n) is 9.28. The number of hydrogen-bond acceptors (Lipinski definition) is 4. The van der Waals surface area contributed by atoms with Gasteiger partial charge in [0.15, 0.2) is 0 Å². The van der Waals surface area contributed by atoms with Gasteiger partial charge in [0.1, 0.15) is 18.1 Å². The van der Waals surface area contributed by atoms with Crippen LogP contribution in [-0.2, 0) is 6.42 Å². The van der Waals surface area contributed by atoms with Crippen LogP contribution in [0, 0.1) is 5.92 Å². The van der Waals surface area contributed by atoms with E-state index in [9.17, 15) is 18.3 Å². The minimum Gasteiger partial charge on any atom is -0.508 e. The monoisotopic (exact) mass is 448 g/mol. The lowest BCUT2D eigenvalue weighted by atomic mass is 9.84. The first-order valence-electron chi connectivity index (χ1n) is 11.2.